The summed E-state index contributed by atoms with van der Waals surface area (Å²) in [4.78, 5) is 31.4. The van der Waals surface area contributed by atoms with E-state index in [1.165, 1.54) is 4.90 Å². The Balaban J connectivity index is 2.11. The van der Waals surface area contributed by atoms with Crippen molar-refractivity contribution in [2.45, 2.75) is 0 Å². The smallest absolute Gasteiger partial charge is 0.261 e. The van der Waals surface area contributed by atoms with E-state index in [1.807, 2.05) is 43.3 Å². The number of rotatable bonds is 8. The summed E-state index contributed by atoms with van der Waals surface area (Å²) in [5, 5.41) is 1.61. The van der Waals surface area contributed by atoms with Crippen molar-refractivity contribution < 1.29 is 9.59 Å². The molecule has 5 nitrogen and oxygen atoms in total. The van der Waals surface area contributed by atoms with Gasteiger partial charge in [0.15, 0.2) is 0 Å². The van der Waals surface area contributed by atoms with Crippen LogP contribution in [0.15, 0.2) is 30.3 Å². The number of alkyl halides is 2. The van der Waals surface area contributed by atoms with Gasteiger partial charge in [-0.15, -0.1) is 23.2 Å². The highest BCUT2D eigenvalue weighted by atomic mass is 35.5. The van der Waals surface area contributed by atoms with Gasteiger partial charge in [0.25, 0.3) is 11.8 Å². The number of carbonyl (C=O) groups is 2. The Morgan fingerprint density at radius 1 is 0.889 bits per heavy atom. The highest BCUT2D eigenvalue weighted by Crippen LogP contribution is 2.36. The Morgan fingerprint density at radius 2 is 1.52 bits per heavy atom. The molecule has 0 fully saturated rings. The van der Waals surface area contributed by atoms with Gasteiger partial charge in [-0.1, -0.05) is 12.1 Å². The number of anilines is 1. The van der Waals surface area contributed by atoms with Gasteiger partial charge in [0.1, 0.15) is 0 Å². The maximum atomic E-state index is 13.0. The average molecular weight is 408 g/mol. The van der Waals surface area contributed by atoms with E-state index in [2.05, 4.69) is 4.90 Å². The molecular weight excluding hydrogens is 385 g/mol. The molecule has 27 heavy (non-hydrogen) atoms. The molecule has 1 aliphatic heterocycles. The number of carbonyl (C=O) groups excluding carboxylic acids is 2. The van der Waals surface area contributed by atoms with Crippen molar-refractivity contribution >= 4 is 51.5 Å². The first-order chi connectivity index (χ1) is 13.0. The molecular formula is C20H23Cl2N3O2. The zero-order valence-corrected chi connectivity index (χ0v) is 17.1. The van der Waals surface area contributed by atoms with E-state index in [0.29, 0.717) is 49.1 Å². The summed E-state index contributed by atoms with van der Waals surface area (Å²) in [7, 11) is 3.84. The molecule has 144 valence electrons. The zero-order chi connectivity index (χ0) is 19.6. The Morgan fingerprint density at radius 3 is 2.11 bits per heavy atom. The second-order valence-electron chi connectivity index (χ2n) is 6.79. The lowest BCUT2D eigenvalue weighted by Gasteiger charge is -2.30. The summed E-state index contributed by atoms with van der Waals surface area (Å²) >= 11 is 11.9. The number of likely N-dealkylation sites (N-methyl/N-ethyl adjacent to an activating group) is 1. The first kappa shape index (κ1) is 19.9. The molecule has 0 saturated heterocycles. The molecule has 0 unspecified atom stereocenters. The molecule has 2 amide bonds. The van der Waals surface area contributed by atoms with Crippen LogP contribution in [0.2, 0.25) is 0 Å². The predicted octanol–water partition coefficient (Wildman–Crippen LogP) is 3.28. The Labute approximate surface area is 169 Å². The molecule has 1 aliphatic rings. The van der Waals surface area contributed by atoms with Gasteiger partial charge in [-0.25, -0.2) is 0 Å². The number of hydrogen-bond acceptors (Lipinski definition) is 4. The van der Waals surface area contributed by atoms with E-state index in [4.69, 9.17) is 23.2 Å². The summed E-state index contributed by atoms with van der Waals surface area (Å²) in [6.07, 6.45) is 0. The third-order valence-electron chi connectivity index (χ3n) is 4.79. The maximum Gasteiger partial charge on any atom is 0.261 e. The van der Waals surface area contributed by atoms with Crippen LogP contribution in [0.1, 0.15) is 20.7 Å². The highest BCUT2D eigenvalue weighted by Gasteiger charge is 2.33. The van der Waals surface area contributed by atoms with Gasteiger partial charge in [-0.3, -0.25) is 14.5 Å². The van der Waals surface area contributed by atoms with Gasteiger partial charge in [0.2, 0.25) is 0 Å². The van der Waals surface area contributed by atoms with Crippen molar-refractivity contribution in [3.05, 3.63) is 41.5 Å². The molecule has 7 heteroatoms. The predicted molar refractivity (Wildman–Crippen MR) is 112 cm³/mol. The van der Waals surface area contributed by atoms with Crippen LogP contribution in [-0.2, 0) is 0 Å². The van der Waals surface area contributed by atoms with Gasteiger partial charge in [0.05, 0.1) is 0 Å². The van der Waals surface area contributed by atoms with E-state index in [0.717, 1.165) is 16.5 Å². The summed E-state index contributed by atoms with van der Waals surface area (Å²) in [6, 6.07) is 9.35. The lowest BCUT2D eigenvalue weighted by atomic mass is 9.92. The number of hydrogen-bond donors (Lipinski definition) is 0. The van der Waals surface area contributed by atoms with Crippen molar-refractivity contribution in [2.75, 3.05) is 56.9 Å². The fraction of sp³-hybridized carbons (Fsp3) is 0.400. The van der Waals surface area contributed by atoms with E-state index in [1.54, 1.807) is 6.07 Å². The van der Waals surface area contributed by atoms with E-state index in [9.17, 15) is 9.59 Å². The molecule has 0 spiro atoms. The summed E-state index contributed by atoms with van der Waals surface area (Å²) in [5.74, 6) is 0.461. The summed E-state index contributed by atoms with van der Waals surface area (Å²) in [5.41, 5.74) is 2.08. The normalized spacial score (nSPS) is 13.7. The van der Waals surface area contributed by atoms with E-state index < -0.39 is 0 Å². The van der Waals surface area contributed by atoms with E-state index >= 15 is 0 Å². The highest BCUT2D eigenvalue weighted by molar-refractivity contribution is 6.27. The number of halogens is 2. The quantitative estimate of drug-likeness (QED) is 0.497. The second kappa shape index (κ2) is 8.46. The van der Waals surface area contributed by atoms with Crippen molar-refractivity contribution in [1.82, 2.24) is 9.80 Å². The van der Waals surface area contributed by atoms with Crippen LogP contribution in [0, 0.1) is 0 Å². The molecule has 0 bridgehead atoms. The molecule has 0 aromatic heterocycles. The Hall–Kier alpha value is -1.82. The first-order valence-electron chi connectivity index (χ1n) is 8.93. The minimum atomic E-state index is -0.238. The van der Waals surface area contributed by atoms with E-state index in [-0.39, 0.29) is 11.8 Å². The summed E-state index contributed by atoms with van der Waals surface area (Å²) in [6.45, 7) is 2.28. The minimum Gasteiger partial charge on any atom is -0.369 e. The second-order valence-corrected chi connectivity index (χ2v) is 7.55. The molecule has 2 aromatic rings. The number of imide groups is 1. The largest absolute Gasteiger partial charge is 0.369 e. The Kier molecular flexibility index (Phi) is 6.25. The van der Waals surface area contributed by atoms with Crippen molar-refractivity contribution in [3.8, 4) is 0 Å². The standard InChI is InChI=1S/C20H23Cl2N3O2/c1-23(2)12-13-25-19(26)15-5-3-4-14-17(24(10-8-21)11-9-22)7-6-16(18(14)15)20(25)27/h3-7H,8-13H2,1-2H3. The van der Waals surface area contributed by atoms with Gasteiger partial charge in [-0.05, 0) is 32.3 Å². The van der Waals surface area contributed by atoms with Gasteiger partial charge < -0.3 is 9.80 Å². The number of benzene rings is 2. The number of nitrogens with zero attached hydrogens (tertiary/aromatic N) is 3. The third-order valence-corrected chi connectivity index (χ3v) is 5.13. The monoisotopic (exact) mass is 407 g/mol. The van der Waals surface area contributed by atoms with Crippen LogP contribution in [0.4, 0.5) is 5.69 Å². The van der Waals surface area contributed by atoms with Crippen molar-refractivity contribution in [2.24, 2.45) is 0 Å². The molecule has 1 heterocycles. The van der Waals surface area contributed by atoms with Gasteiger partial charge in [-0.2, -0.15) is 0 Å². The van der Waals surface area contributed by atoms with Crippen molar-refractivity contribution in [3.63, 3.8) is 0 Å². The lowest BCUT2D eigenvalue weighted by Crippen LogP contribution is -2.43. The number of amides is 2. The fourth-order valence-electron chi connectivity index (χ4n) is 3.47. The zero-order valence-electron chi connectivity index (χ0n) is 15.5. The molecule has 3 rings (SSSR count). The third kappa shape index (κ3) is 3.77. The lowest BCUT2D eigenvalue weighted by molar-refractivity contribution is 0.0601. The Bertz CT molecular complexity index is 841. The molecule has 2 aromatic carbocycles. The fourth-order valence-corrected chi connectivity index (χ4v) is 3.87. The van der Waals surface area contributed by atoms with Crippen LogP contribution >= 0.6 is 23.2 Å². The topological polar surface area (TPSA) is 43.9 Å². The van der Waals surface area contributed by atoms with Gasteiger partial charge >= 0.3 is 0 Å². The van der Waals surface area contributed by atoms with Crippen LogP contribution in [0.25, 0.3) is 10.8 Å². The average Bonchev–Trinajstić information content (AvgIpc) is 2.65. The molecule has 0 atom stereocenters. The maximum absolute atomic E-state index is 13.0. The molecule has 0 aliphatic carbocycles. The van der Waals surface area contributed by atoms with Crippen LogP contribution in [0.3, 0.4) is 0 Å². The van der Waals surface area contributed by atoms with Crippen LogP contribution in [0.5, 0.6) is 0 Å². The van der Waals surface area contributed by atoms with Crippen LogP contribution < -0.4 is 4.90 Å². The van der Waals surface area contributed by atoms with Crippen LogP contribution in [-0.4, -0.2) is 73.6 Å². The molecule has 0 saturated carbocycles. The molecule has 0 radical (unpaired) electrons. The van der Waals surface area contributed by atoms with Gasteiger partial charge in [0, 0.05) is 65.5 Å². The minimum absolute atomic E-state index is 0.238. The summed E-state index contributed by atoms with van der Waals surface area (Å²) < 4.78 is 0. The van der Waals surface area contributed by atoms with Crippen molar-refractivity contribution in [1.29, 1.82) is 0 Å². The SMILES string of the molecule is CN(C)CCN1C(=O)c2cccc3c(N(CCCl)CCCl)ccc(c23)C1=O. The molecule has 0 N–H and O–H groups in total. The first-order valence-corrected chi connectivity index (χ1v) is 10.00.